The van der Waals surface area contributed by atoms with Crippen molar-refractivity contribution in [1.29, 1.82) is 0 Å². The van der Waals surface area contributed by atoms with Crippen LogP contribution in [0.3, 0.4) is 0 Å². The molecule has 0 N–H and O–H groups in total. The van der Waals surface area contributed by atoms with Crippen LogP contribution in [0.4, 0.5) is 0 Å². The Morgan fingerprint density at radius 2 is 1.37 bits per heavy atom. The van der Waals surface area contributed by atoms with Crippen LogP contribution in [-0.2, 0) is 12.8 Å². The molecule has 3 aliphatic rings. The fourth-order valence-corrected chi connectivity index (χ4v) is 15.7. The zero-order chi connectivity index (χ0) is 32.5. The Labute approximate surface area is 298 Å². The third-order valence-corrected chi connectivity index (χ3v) is 18.0. The number of hydrogen-bond acceptors (Lipinski definition) is 2. The summed E-state index contributed by atoms with van der Waals surface area (Å²) in [5, 5.41) is 6.05. The van der Waals surface area contributed by atoms with Crippen molar-refractivity contribution < 1.29 is 0 Å². The van der Waals surface area contributed by atoms with Crippen molar-refractivity contribution in [3.63, 3.8) is 0 Å². The average Bonchev–Trinajstić information content (AvgIpc) is 3.27. The van der Waals surface area contributed by atoms with E-state index in [9.17, 15) is 0 Å². The maximum atomic E-state index is 2.69. The van der Waals surface area contributed by atoms with Crippen molar-refractivity contribution in [2.24, 2.45) is 0 Å². The van der Waals surface area contributed by atoms with Gasteiger partial charge >= 0.3 is 0 Å². The van der Waals surface area contributed by atoms with E-state index < -0.39 is 8.07 Å². The number of fused-ring (bicyclic) bond motifs is 7. The maximum Gasteiger partial charge on any atom is 0.246 e. The summed E-state index contributed by atoms with van der Waals surface area (Å²) in [6.07, 6.45) is 6.17. The van der Waals surface area contributed by atoms with Crippen LogP contribution < -0.4 is 31.9 Å². The predicted octanol–water partition coefficient (Wildman–Crippen LogP) is 7.44. The van der Waals surface area contributed by atoms with Crippen LogP contribution in [0.1, 0.15) is 30.5 Å². The standard InChI is InChI=1S/C44H36BNS2Si/c1-49(32-17-7-3-8-18-32)41-26-14-25-40-44(41)45(35-28-27-31(29-42(35)49)47-30-15-5-2-6-16-30)43-38(23-13-24-39(43)48-40)46-36-21-10-4-9-19-33(36)34-20-11-12-22-37(34)46/h2-3,5-8,11-18,20,22-29H,4,9-10,19,21H2,1H3. The predicted molar refractivity (Wildman–Crippen MR) is 214 cm³/mol. The number of para-hydroxylation sites is 1. The highest BCUT2D eigenvalue weighted by molar-refractivity contribution is 8.00. The summed E-state index contributed by atoms with van der Waals surface area (Å²) >= 11 is 3.87. The highest BCUT2D eigenvalue weighted by Gasteiger charge is 2.49. The molecule has 6 aromatic carbocycles. The van der Waals surface area contributed by atoms with Gasteiger partial charge < -0.3 is 4.57 Å². The third kappa shape index (κ3) is 4.55. The molecule has 0 spiro atoms. The Morgan fingerprint density at radius 1 is 0.633 bits per heavy atom. The Hall–Kier alpha value is -4.16. The van der Waals surface area contributed by atoms with E-state index in [2.05, 4.69) is 151 Å². The van der Waals surface area contributed by atoms with E-state index in [1.54, 1.807) is 21.4 Å². The normalized spacial score (nSPS) is 17.5. The molecule has 1 aliphatic carbocycles. The summed E-state index contributed by atoms with van der Waals surface area (Å²) in [5.41, 5.74) is 10.4. The summed E-state index contributed by atoms with van der Waals surface area (Å²) < 4.78 is 2.69. The molecule has 1 nitrogen and oxygen atoms in total. The minimum Gasteiger partial charge on any atom is -0.314 e. The number of aryl methyl sites for hydroxylation is 1. The van der Waals surface area contributed by atoms with Gasteiger partial charge in [-0.2, -0.15) is 0 Å². The van der Waals surface area contributed by atoms with Gasteiger partial charge in [-0.3, -0.25) is 0 Å². The molecule has 0 amide bonds. The molecule has 10 rings (SSSR count). The zero-order valence-corrected chi connectivity index (χ0v) is 30.3. The summed E-state index contributed by atoms with van der Waals surface area (Å²) in [7, 11) is -2.37. The summed E-state index contributed by atoms with van der Waals surface area (Å²) in [6, 6.07) is 53.2. The molecule has 0 saturated heterocycles. The minimum absolute atomic E-state index is 0.177. The molecule has 236 valence electrons. The van der Waals surface area contributed by atoms with Gasteiger partial charge in [0.25, 0.3) is 0 Å². The highest BCUT2D eigenvalue weighted by Crippen LogP contribution is 2.37. The van der Waals surface area contributed by atoms with Gasteiger partial charge in [0.1, 0.15) is 8.07 Å². The van der Waals surface area contributed by atoms with Gasteiger partial charge in [0.2, 0.25) is 6.71 Å². The summed E-state index contributed by atoms with van der Waals surface area (Å²) in [6.45, 7) is 2.78. The van der Waals surface area contributed by atoms with Crippen molar-refractivity contribution in [1.82, 2.24) is 4.57 Å². The summed E-state index contributed by atoms with van der Waals surface area (Å²) in [5.74, 6) is 0. The molecule has 1 unspecified atom stereocenters. The first kappa shape index (κ1) is 29.7. The van der Waals surface area contributed by atoms with E-state index in [4.69, 9.17) is 0 Å². The zero-order valence-electron chi connectivity index (χ0n) is 27.7. The van der Waals surface area contributed by atoms with Crippen LogP contribution >= 0.6 is 23.5 Å². The van der Waals surface area contributed by atoms with Crippen molar-refractivity contribution in [2.75, 3.05) is 0 Å². The first-order valence-corrected chi connectivity index (χ1v) is 21.8. The van der Waals surface area contributed by atoms with Crippen LogP contribution in [-0.4, -0.2) is 19.4 Å². The monoisotopic (exact) mass is 681 g/mol. The van der Waals surface area contributed by atoms with E-state index in [1.807, 2.05) is 23.5 Å². The molecule has 3 heterocycles. The van der Waals surface area contributed by atoms with Gasteiger partial charge in [0, 0.05) is 36.3 Å². The second-order valence-corrected chi connectivity index (χ2v) is 20.1. The molecule has 0 fully saturated rings. The molecule has 0 bridgehead atoms. The van der Waals surface area contributed by atoms with E-state index >= 15 is 0 Å². The molecule has 1 atom stereocenters. The quantitative estimate of drug-likeness (QED) is 0.141. The van der Waals surface area contributed by atoms with Gasteiger partial charge in [0.05, 0.1) is 5.52 Å². The maximum absolute atomic E-state index is 2.69. The van der Waals surface area contributed by atoms with Gasteiger partial charge in [-0.05, 0) is 90.4 Å². The van der Waals surface area contributed by atoms with Crippen molar-refractivity contribution >= 4 is 81.2 Å². The number of nitrogens with zero attached hydrogens (tertiary/aromatic N) is 1. The molecular weight excluding hydrogens is 646 g/mol. The molecule has 49 heavy (non-hydrogen) atoms. The van der Waals surface area contributed by atoms with E-state index in [0.717, 1.165) is 6.42 Å². The van der Waals surface area contributed by atoms with E-state index in [0.29, 0.717) is 0 Å². The fraction of sp³-hybridized carbons (Fsp3) is 0.136. The molecule has 0 radical (unpaired) electrons. The first-order chi connectivity index (χ1) is 24.2. The molecule has 1 aromatic heterocycles. The van der Waals surface area contributed by atoms with Gasteiger partial charge in [-0.1, -0.05) is 149 Å². The Morgan fingerprint density at radius 3 is 2.22 bits per heavy atom. The summed E-state index contributed by atoms with van der Waals surface area (Å²) in [4.78, 5) is 5.42. The Kier molecular flexibility index (Phi) is 7.11. The minimum atomic E-state index is -2.37. The first-order valence-electron chi connectivity index (χ1n) is 17.7. The molecule has 5 heteroatoms. The van der Waals surface area contributed by atoms with Crippen LogP contribution in [0.25, 0.3) is 16.6 Å². The Balaban J connectivity index is 1.26. The van der Waals surface area contributed by atoms with Crippen LogP contribution in [0.5, 0.6) is 0 Å². The van der Waals surface area contributed by atoms with Gasteiger partial charge in [0.15, 0.2) is 0 Å². The van der Waals surface area contributed by atoms with Crippen LogP contribution in [0, 0.1) is 0 Å². The largest absolute Gasteiger partial charge is 0.314 e. The van der Waals surface area contributed by atoms with Crippen molar-refractivity contribution in [3.05, 3.63) is 151 Å². The molecule has 0 saturated carbocycles. The SMILES string of the molecule is C[Si]1(c2ccccc2)c2cc(Sc3ccccc3)ccc2B2c3c(cccc3-n3c4c(c5ccccc53)CCCCC4)Sc3cccc1c32. The number of benzene rings is 6. The van der Waals surface area contributed by atoms with Crippen molar-refractivity contribution in [3.8, 4) is 5.69 Å². The van der Waals surface area contributed by atoms with Gasteiger partial charge in [-0.25, -0.2) is 0 Å². The second-order valence-electron chi connectivity index (χ2n) is 13.9. The molecule has 7 aromatic rings. The number of rotatable bonds is 4. The van der Waals surface area contributed by atoms with Crippen LogP contribution in [0.15, 0.2) is 159 Å². The van der Waals surface area contributed by atoms with E-state index in [-0.39, 0.29) is 6.71 Å². The van der Waals surface area contributed by atoms with E-state index in [1.165, 1.54) is 83.7 Å². The fourth-order valence-electron chi connectivity index (χ4n) is 9.13. The lowest BCUT2D eigenvalue weighted by Crippen LogP contribution is -2.82. The van der Waals surface area contributed by atoms with Crippen molar-refractivity contribution in [2.45, 2.75) is 58.2 Å². The molecule has 2 aliphatic heterocycles. The third-order valence-electron chi connectivity index (χ3n) is 11.3. The lowest BCUT2D eigenvalue weighted by Gasteiger charge is -2.43. The number of aromatic nitrogens is 1. The average molecular weight is 682 g/mol. The smallest absolute Gasteiger partial charge is 0.246 e. The Bertz CT molecular complexity index is 2400. The number of hydrogen-bond donors (Lipinski definition) is 0. The topological polar surface area (TPSA) is 4.93 Å². The molecular formula is C44H36BNS2Si. The lowest BCUT2D eigenvalue weighted by atomic mass is 9.36. The highest BCUT2D eigenvalue weighted by atomic mass is 32.2. The van der Waals surface area contributed by atoms with Gasteiger partial charge in [-0.15, -0.1) is 0 Å². The van der Waals surface area contributed by atoms with Crippen LogP contribution in [0.2, 0.25) is 6.55 Å². The second kappa shape index (κ2) is 11.7. The lowest BCUT2D eigenvalue weighted by molar-refractivity contribution is 0.704.